The minimum atomic E-state index is 0.00398. The van der Waals surface area contributed by atoms with E-state index < -0.39 is 0 Å². The second-order valence-electron chi connectivity index (χ2n) is 7.89. The molecule has 2 aromatic heterocycles. The Labute approximate surface area is 182 Å². The standard InChI is InChI=1S/C23H28N6O2/c1-16-5-7-20(8-6-16)31-14-23(30)28-11-9-27(10-12-28)21-13-22(26-19(4)25-21)29-15-24-17(2)18(29)3/h5-8,13,15H,9-12,14H2,1-4H3. The van der Waals surface area contributed by atoms with Crippen molar-refractivity contribution >= 4 is 11.7 Å². The number of hydrogen-bond acceptors (Lipinski definition) is 6. The van der Waals surface area contributed by atoms with Gasteiger partial charge in [0.15, 0.2) is 6.61 Å². The summed E-state index contributed by atoms with van der Waals surface area (Å²) < 4.78 is 7.63. The van der Waals surface area contributed by atoms with Crippen LogP contribution in [0.1, 0.15) is 22.8 Å². The van der Waals surface area contributed by atoms with Crippen LogP contribution in [0.25, 0.3) is 5.82 Å². The third kappa shape index (κ3) is 4.68. The summed E-state index contributed by atoms with van der Waals surface area (Å²) in [6.07, 6.45) is 1.79. The van der Waals surface area contributed by atoms with Crippen molar-refractivity contribution in [2.24, 2.45) is 0 Å². The smallest absolute Gasteiger partial charge is 0.260 e. The molecule has 162 valence electrons. The first-order chi connectivity index (χ1) is 14.9. The molecule has 8 heteroatoms. The molecule has 3 heterocycles. The third-order valence-corrected chi connectivity index (χ3v) is 5.65. The molecule has 1 amide bonds. The number of rotatable bonds is 5. The number of aryl methyl sites for hydroxylation is 3. The first-order valence-electron chi connectivity index (χ1n) is 10.5. The average Bonchev–Trinajstić information content (AvgIpc) is 3.11. The largest absolute Gasteiger partial charge is 0.484 e. The molecule has 0 radical (unpaired) electrons. The Morgan fingerprint density at radius 3 is 2.29 bits per heavy atom. The molecule has 0 atom stereocenters. The van der Waals surface area contributed by atoms with Crippen molar-refractivity contribution in [1.82, 2.24) is 24.4 Å². The normalized spacial score (nSPS) is 14.1. The van der Waals surface area contributed by atoms with Crippen LogP contribution in [0, 0.1) is 27.7 Å². The predicted molar refractivity (Wildman–Crippen MR) is 119 cm³/mol. The molecule has 8 nitrogen and oxygen atoms in total. The summed E-state index contributed by atoms with van der Waals surface area (Å²) in [5.74, 6) is 3.11. The van der Waals surface area contributed by atoms with Gasteiger partial charge >= 0.3 is 0 Å². The van der Waals surface area contributed by atoms with Crippen LogP contribution in [0.4, 0.5) is 5.82 Å². The van der Waals surface area contributed by atoms with Crippen molar-refractivity contribution in [3.63, 3.8) is 0 Å². The van der Waals surface area contributed by atoms with E-state index in [-0.39, 0.29) is 12.5 Å². The topological polar surface area (TPSA) is 76.4 Å². The van der Waals surface area contributed by atoms with Gasteiger partial charge in [-0.25, -0.2) is 15.0 Å². The lowest BCUT2D eigenvalue weighted by molar-refractivity contribution is -0.133. The summed E-state index contributed by atoms with van der Waals surface area (Å²) >= 11 is 0. The lowest BCUT2D eigenvalue weighted by Gasteiger charge is -2.35. The number of anilines is 1. The molecule has 1 aromatic carbocycles. The summed E-state index contributed by atoms with van der Waals surface area (Å²) in [7, 11) is 0. The van der Waals surface area contributed by atoms with E-state index in [0.29, 0.717) is 37.8 Å². The number of carbonyl (C=O) groups is 1. The summed E-state index contributed by atoms with van der Waals surface area (Å²) in [5, 5.41) is 0. The van der Waals surface area contributed by atoms with Gasteiger partial charge in [-0.05, 0) is 39.8 Å². The van der Waals surface area contributed by atoms with Crippen molar-refractivity contribution < 1.29 is 9.53 Å². The van der Waals surface area contributed by atoms with E-state index in [0.717, 1.165) is 28.6 Å². The molecule has 0 aliphatic carbocycles. The van der Waals surface area contributed by atoms with Gasteiger partial charge in [0.05, 0.1) is 5.69 Å². The highest BCUT2D eigenvalue weighted by molar-refractivity contribution is 5.78. The van der Waals surface area contributed by atoms with Crippen LogP contribution >= 0.6 is 0 Å². The van der Waals surface area contributed by atoms with E-state index in [1.54, 1.807) is 6.33 Å². The van der Waals surface area contributed by atoms with Crippen molar-refractivity contribution in [1.29, 1.82) is 0 Å². The maximum Gasteiger partial charge on any atom is 0.260 e. The van der Waals surface area contributed by atoms with Crippen LogP contribution in [0.5, 0.6) is 5.75 Å². The number of nitrogens with zero attached hydrogens (tertiary/aromatic N) is 6. The maximum atomic E-state index is 12.6. The van der Waals surface area contributed by atoms with E-state index in [1.807, 2.05) is 67.5 Å². The fraction of sp³-hybridized carbons (Fsp3) is 0.391. The average molecular weight is 421 g/mol. The lowest BCUT2D eigenvalue weighted by atomic mass is 10.2. The number of imidazole rings is 1. The Kier molecular flexibility index (Phi) is 5.88. The van der Waals surface area contributed by atoms with E-state index >= 15 is 0 Å². The minimum Gasteiger partial charge on any atom is -0.484 e. The Bertz CT molecular complexity index is 1070. The minimum absolute atomic E-state index is 0.00398. The summed E-state index contributed by atoms with van der Waals surface area (Å²) in [5.41, 5.74) is 3.21. The highest BCUT2D eigenvalue weighted by atomic mass is 16.5. The van der Waals surface area contributed by atoms with Gasteiger partial charge in [0.1, 0.15) is 29.5 Å². The Balaban J connectivity index is 1.37. The first-order valence-corrected chi connectivity index (χ1v) is 10.5. The molecular weight excluding hydrogens is 392 g/mol. The second kappa shape index (κ2) is 8.75. The molecule has 1 aliphatic heterocycles. The number of amides is 1. The fourth-order valence-corrected chi connectivity index (χ4v) is 3.61. The molecule has 0 N–H and O–H groups in total. The Hall–Kier alpha value is -3.42. The summed E-state index contributed by atoms with van der Waals surface area (Å²) in [4.78, 5) is 30.2. The summed E-state index contributed by atoms with van der Waals surface area (Å²) in [6, 6.07) is 9.71. The van der Waals surface area contributed by atoms with Crippen LogP contribution in [0.2, 0.25) is 0 Å². The zero-order valence-electron chi connectivity index (χ0n) is 18.5. The summed E-state index contributed by atoms with van der Waals surface area (Å²) in [6.45, 7) is 10.7. The van der Waals surface area contributed by atoms with Gasteiger partial charge in [0.2, 0.25) is 0 Å². The van der Waals surface area contributed by atoms with Gasteiger partial charge in [-0.2, -0.15) is 0 Å². The number of piperazine rings is 1. The Morgan fingerprint density at radius 2 is 1.65 bits per heavy atom. The number of hydrogen-bond donors (Lipinski definition) is 0. The van der Waals surface area contributed by atoms with E-state index in [2.05, 4.69) is 19.9 Å². The molecular formula is C23H28N6O2. The van der Waals surface area contributed by atoms with Gasteiger partial charge in [-0.3, -0.25) is 9.36 Å². The monoisotopic (exact) mass is 420 g/mol. The van der Waals surface area contributed by atoms with Crippen LogP contribution in [-0.2, 0) is 4.79 Å². The van der Waals surface area contributed by atoms with Gasteiger partial charge < -0.3 is 14.5 Å². The molecule has 1 aliphatic rings. The SMILES string of the molecule is Cc1ccc(OCC(=O)N2CCN(c3cc(-n4cnc(C)c4C)nc(C)n3)CC2)cc1. The van der Waals surface area contributed by atoms with Gasteiger partial charge in [-0.1, -0.05) is 17.7 Å². The van der Waals surface area contributed by atoms with Crippen LogP contribution in [-0.4, -0.2) is 63.1 Å². The first kappa shape index (κ1) is 20.8. The van der Waals surface area contributed by atoms with Gasteiger partial charge in [0.25, 0.3) is 5.91 Å². The fourth-order valence-electron chi connectivity index (χ4n) is 3.61. The molecule has 0 unspecified atom stereocenters. The molecule has 0 spiro atoms. The van der Waals surface area contributed by atoms with Gasteiger partial charge in [0, 0.05) is 37.9 Å². The maximum absolute atomic E-state index is 12.6. The molecule has 0 bridgehead atoms. The van der Waals surface area contributed by atoms with E-state index in [9.17, 15) is 4.79 Å². The number of carbonyl (C=O) groups excluding carboxylic acids is 1. The molecule has 1 fully saturated rings. The van der Waals surface area contributed by atoms with E-state index in [1.165, 1.54) is 0 Å². The molecule has 1 saturated heterocycles. The third-order valence-electron chi connectivity index (χ3n) is 5.65. The zero-order valence-corrected chi connectivity index (χ0v) is 18.5. The molecule has 0 saturated carbocycles. The van der Waals surface area contributed by atoms with Crippen LogP contribution in [0.15, 0.2) is 36.7 Å². The predicted octanol–water partition coefficient (Wildman–Crippen LogP) is 2.62. The quantitative estimate of drug-likeness (QED) is 0.632. The second-order valence-corrected chi connectivity index (χ2v) is 7.89. The van der Waals surface area contributed by atoms with Crippen molar-refractivity contribution in [3.05, 3.63) is 59.4 Å². The number of aromatic nitrogens is 4. The van der Waals surface area contributed by atoms with Crippen molar-refractivity contribution in [3.8, 4) is 11.6 Å². The molecule has 31 heavy (non-hydrogen) atoms. The number of benzene rings is 1. The van der Waals surface area contributed by atoms with Crippen LogP contribution in [0.3, 0.4) is 0 Å². The van der Waals surface area contributed by atoms with E-state index in [4.69, 9.17) is 4.74 Å². The number of ether oxygens (including phenoxy) is 1. The van der Waals surface area contributed by atoms with Crippen molar-refractivity contribution in [2.75, 3.05) is 37.7 Å². The molecule has 4 rings (SSSR count). The highest BCUT2D eigenvalue weighted by Gasteiger charge is 2.23. The highest BCUT2D eigenvalue weighted by Crippen LogP contribution is 2.20. The molecule has 3 aromatic rings. The van der Waals surface area contributed by atoms with Crippen molar-refractivity contribution in [2.45, 2.75) is 27.7 Å². The Morgan fingerprint density at radius 1 is 0.968 bits per heavy atom. The van der Waals surface area contributed by atoms with Gasteiger partial charge in [-0.15, -0.1) is 0 Å². The zero-order chi connectivity index (χ0) is 22.0. The van der Waals surface area contributed by atoms with Crippen LogP contribution < -0.4 is 9.64 Å². The lowest BCUT2D eigenvalue weighted by Crippen LogP contribution is -2.50.